The van der Waals surface area contributed by atoms with E-state index in [0.29, 0.717) is 17.1 Å². The topological polar surface area (TPSA) is 55.8 Å². The van der Waals surface area contributed by atoms with Crippen molar-refractivity contribution >= 4 is 17.7 Å². The van der Waals surface area contributed by atoms with Crippen LogP contribution in [0.1, 0.15) is 18.4 Å². The Morgan fingerprint density at radius 2 is 2.37 bits per heavy atom. The van der Waals surface area contributed by atoms with Crippen molar-refractivity contribution in [3.05, 3.63) is 23.8 Å². The van der Waals surface area contributed by atoms with Crippen LogP contribution in [0.4, 0.5) is 0 Å². The van der Waals surface area contributed by atoms with Gasteiger partial charge in [0.15, 0.2) is 11.5 Å². The molecule has 0 aromatic heterocycles. The number of carboxylic acid groups (broad SMARTS) is 1. The summed E-state index contributed by atoms with van der Waals surface area (Å²) < 4.78 is 11.3. The zero-order chi connectivity index (χ0) is 13.7. The van der Waals surface area contributed by atoms with E-state index in [-0.39, 0.29) is 12.5 Å². The molecule has 4 nitrogen and oxygen atoms in total. The van der Waals surface area contributed by atoms with E-state index in [1.165, 1.54) is 5.75 Å². The van der Waals surface area contributed by atoms with Crippen LogP contribution in [0.25, 0.3) is 0 Å². The van der Waals surface area contributed by atoms with Crippen molar-refractivity contribution < 1.29 is 19.4 Å². The summed E-state index contributed by atoms with van der Waals surface area (Å²) in [6, 6.07) is 5.41. The number of carbonyl (C=O) groups is 1. The van der Waals surface area contributed by atoms with Gasteiger partial charge in [-0.15, -0.1) is 0 Å². The number of rotatable bonds is 5. The average Bonchev–Trinajstić information content (AvgIpc) is 2.39. The monoisotopic (exact) mass is 282 g/mol. The Kier molecular flexibility index (Phi) is 4.96. The minimum atomic E-state index is -0.872. The van der Waals surface area contributed by atoms with Crippen molar-refractivity contribution in [1.29, 1.82) is 0 Å². The lowest BCUT2D eigenvalue weighted by molar-refractivity contribution is -0.136. The molecule has 1 aliphatic heterocycles. The van der Waals surface area contributed by atoms with Gasteiger partial charge in [-0.05, 0) is 24.7 Å². The highest BCUT2D eigenvalue weighted by molar-refractivity contribution is 7.99. The van der Waals surface area contributed by atoms with Gasteiger partial charge >= 0.3 is 5.97 Å². The van der Waals surface area contributed by atoms with Crippen molar-refractivity contribution in [2.45, 2.75) is 25.4 Å². The number of thioether (sulfide) groups is 1. The van der Waals surface area contributed by atoms with E-state index < -0.39 is 5.97 Å². The Balaban J connectivity index is 2.16. The minimum absolute atomic E-state index is 0.0558. The van der Waals surface area contributed by atoms with E-state index in [2.05, 4.69) is 0 Å². The number of ether oxygens (including phenoxy) is 2. The molecule has 104 valence electrons. The molecule has 1 aliphatic rings. The molecule has 1 N–H and O–H groups in total. The summed E-state index contributed by atoms with van der Waals surface area (Å²) in [6.45, 7) is 0. The van der Waals surface area contributed by atoms with Crippen molar-refractivity contribution in [3.63, 3.8) is 0 Å². The third-order valence-electron chi connectivity index (χ3n) is 3.02. The zero-order valence-corrected chi connectivity index (χ0v) is 11.7. The van der Waals surface area contributed by atoms with Gasteiger partial charge in [0.1, 0.15) is 6.10 Å². The molecule has 0 saturated carbocycles. The number of carboxylic acids is 1. The van der Waals surface area contributed by atoms with Gasteiger partial charge in [0.25, 0.3) is 0 Å². The maximum Gasteiger partial charge on any atom is 0.307 e. The second-order valence-electron chi connectivity index (χ2n) is 4.48. The largest absolute Gasteiger partial charge is 0.493 e. The fraction of sp³-hybridized carbons (Fsp3) is 0.500. The molecule has 0 bridgehead atoms. The summed E-state index contributed by atoms with van der Waals surface area (Å²) >= 11 is 1.89. The van der Waals surface area contributed by atoms with Crippen LogP contribution in [0.15, 0.2) is 18.2 Å². The smallest absolute Gasteiger partial charge is 0.307 e. The number of hydrogen-bond acceptors (Lipinski definition) is 4. The normalized spacial score (nSPS) is 18.9. The van der Waals surface area contributed by atoms with E-state index in [9.17, 15) is 4.79 Å². The molecule has 19 heavy (non-hydrogen) atoms. The van der Waals surface area contributed by atoms with E-state index in [1.807, 2.05) is 23.9 Å². The molecule has 0 aliphatic carbocycles. The molecule has 1 heterocycles. The Labute approximate surface area is 117 Å². The number of hydrogen-bond donors (Lipinski definition) is 1. The standard InChI is InChI=1S/C14H18O4S/c1-17-14-10(8-13(15)16)4-2-6-12(14)18-11-5-3-7-19-9-11/h2,4,6,11H,3,5,7-9H2,1H3,(H,15,16). The minimum Gasteiger partial charge on any atom is -0.493 e. The molecule has 1 saturated heterocycles. The summed E-state index contributed by atoms with van der Waals surface area (Å²) in [5, 5.41) is 8.90. The third-order valence-corrected chi connectivity index (χ3v) is 4.20. The fourth-order valence-corrected chi connectivity index (χ4v) is 3.21. The Bertz CT molecular complexity index is 441. The van der Waals surface area contributed by atoms with Crippen LogP contribution < -0.4 is 9.47 Å². The molecule has 1 fully saturated rings. The second kappa shape index (κ2) is 6.70. The fourth-order valence-electron chi connectivity index (χ4n) is 2.17. The lowest BCUT2D eigenvalue weighted by atomic mass is 10.1. The predicted molar refractivity (Wildman–Crippen MR) is 75.3 cm³/mol. The lowest BCUT2D eigenvalue weighted by Gasteiger charge is -2.24. The summed E-state index contributed by atoms with van der Waals surface area (Å²) in [7, 11) is 1.54. The van der Waals surface area contributed by atoms with Crippen molar-refractivity contribution in [1.82, 2.24) is 0 Å². The van der Waals surface area contributed by atoms with Crippen LogP contribution in [0.2, 0.25) is 0 Å². The first-order chi connectivity index (χ1) is 9.20. The molecule has 0 spiro atoms. The number of aliphatic carboxylic acids is 1. The number of para-hydroxylation sites is 1. The van der Waals surface area contributed by atoms with Gasteiger partial charge in [0.05, 0.1) is 13.5 Å². The van der Waals surface area contributed by atoms with E-state index >= 15 is 0 Å². The Morgan fingerprint density at radius 3 is 3.00 bits per heavy atom. The quantitative estimate of drug-likeness (QED) is 0.899. The highest BCUT2D eigenvalue weighted by Crippen LogP contribution is 2.33. The van der Waals surface area contributed by atoms with E-state index in [1.54, 1.807) is 13.2 Å². The van der Waals surface area contributed by atoms with Gasteiger partial charge in [-0.1, -0.05) is 12.1 Å². The first kappa shape index (κ1) is 14.1. The highest BCUT2D eigenvalue weighted by Gasteiger charge is 2.19. The van der Waals surface area contributed by atoms with Gasteiger partial charge in [0.2, 0.25) is 0 Å². The van der Waals surface area contributed by atoms with Crippen LogP contribution in [-0.2, 0) is 11.2 Å². The molecule has 2 rings (SSSR count). The molecule has 0 radical (unpaired) electrons. The van der Waals surface area contributed by atoms with Gasteiger partial charge < -0.3 is 14.6 Å². The molecule has 1 atom stereocenters. The van der Waals surface area contributed by atoms with Crippen LogP contribution in [-0.4, -0.2) is 35.8 Å². The maximum absolute atomic E-state index is 10.8. The van der Waals surface area contributed by atoms with Crippen LogP contribution in [0.3, 0.4) is 0 Å². The van der Waals surface area contributed by atoms with Crippen molar-refractivity contribution in [2.75, 3.05) is 18.6 Å². The Morgan fingerprint density at radius 1 is 1.53 bits per heavy atom. The summed E-state index contributed by atoms with van der Waals surface area (Å²) in [4.78, 5) is 10.8. The third kappa shape index (κ3) is 3.80. The number of methoxy groups -OCH3 is 1. The van der Waals surface area contributed by atoms with Crippen molar-refractivity contribution in [3.8, 4) is 11.5 Å². The second-order valence-corrected chi connectivity index (χ2v) is 5.63. The maximum atomic E-state index is 10.8. The van der Waals surface area contributed by atoms with Gasteiger partial charge in [-0.2, -0.15) is 11.8 Å². The van der Waals surface area contributed by atoms with Gasteiger partial charge in [0, 0.05) is 11.3 Å². The first-order valence-electron chi connectivity index (χ1n) is 6.32. The number of benzene rings is 1. The lowest BCUT2D eigenvalue weighted by Crippen LogP contribution is -2.23. The predicted octanol–water partition coefficient (Wildman–Crippen LogP) is 2.60. The molecular weight excluding hydrogens is 264 g/mol. The van der Waals surface area contributed by atoms with E-state index in [4.69, 9.17) is 14.6 Å². The molecule has 1 aromatic rings. The molecule has 1 unspecified atom stereocenters. The Hall–Kier alpha value is -1.36. The molecule has 0 amide bonds. The molecular formula is C14H18O4S. The zero-order valence-electron chi connectivity index (χ0n) is 10.9. The highest BCUT2D eigenvalue weighted by atomic mass is 32.2. The van der Waals surface area contributed by atoms with Crippen LogP contribution in [0.5, 0.6) is 11.5 Å². The van der Waals surface area contributed by atoms with Gasteiger partial charge in [-0.3, -0.25) is 4.79 Å². The van der Waals surface area contributed by atoms with Crippen LogP contribution in [0, 0.1) is 0 Å². The molecule has 1 aromatic carbocycles. The van der Waals surface area contributed by atoms with Crippen LogP contribution >= 0.6 is 11.8 Å². The summed E-state index contributed by atoms with van der Waals surface area (Å²) in [6.07, 6.45) is 2.33. The van der Waals surface area contributed by atoms with Gasteiger partial charge in [-0.25, -0.2) is 0 Å². The first-order valence-corrected chi connectivity index (χ1v) is 7.48. The van der Waals surface area contributed by atoms with E-state index in [0.717, 1.165) is 18.6 Å². The summed E-state index contributed by atoms with van der Waals surface area (Å²) in [5.41, 5.74) is 0.649. The average molecular weight is 282 g/mol. The summed E-state index contributed by atoms with van der Waals surface area (Å²) in [5.74, 6) is 2.49. The van der Waals surface area contributed by atoms with Crippen molar-refractivity contribution in [2.24, 2.45) is 0 Å². The SMILES string of the molecule is COc1c(CC(=O)O)cccc1OC1CCCSC1. The molecule has 5 heteroatoms.